The van der Waals surface area contributed by atoms with Crippen LogP contribution < -0.4 is 10.6 Å². The van der Waals surface area contributed by atoms with Crippen molar-refractivity contribution in [1.29, 1.82) is 5.26 Å². The average Bonchev–Trinajstić information content (AvgIpc) is 3.48. The lowest BCUT2D eigenvalue weighted by molar-refractivity contribution is -0.118. The maximum atomic E-state index is 16.2. The number of hydrogen-bond donors (Lipinski definition) is 3. The molecule has 0 spiro atoms. The highest BCUT2D eigenvalue weighted by Crippen LogP contribution is 2.52. The third-order valence-electron chi connectivity index (χ3n) is 7.70. The molecule has 43 heavy (non-hydrogen) atoms. The summed E-state index contributed by atoms with van der Waals surface area (Å²) in [7, 11) is 0. The largest absolute Gasteiger partial charge is 0.389 e. The topological polar surface area (TPSA) is 103 Å². The molecule has 1 amide bonds. The third-order valence-corrected chi connectivity index (χ3v) is 9.40. The first-order valence-corrected chi connectivity index (χ1v) is 17.1. The number of amides is 1. The predicted molar refractivity (Wildman–Crippen MR) is 180 cm³/mol. The van der Waals surface area contributed by atoms with Crippen molar-refractivity contribution in [2.45, 2.75) is 85.5 Å². The Morgan fingerprint density at radius 3 is 2.47 bits per heavy atom. The Kier molecular flexibility index (Phi) is 10.3. The second-order valence-electron chi connectivity index (χ2n) is 13.0. The molecule has 0 aliphatic carbocycles. The Morgan fingerprint density at radius 1 is 1.16 bits per heavy atom. The van der Waals surface area contributed by atoms with Gasteiger partial charge in [-0.3, -0.25) is 9.48 Å². The first kappa shape index (κ1) is 33.7. The van der Waals surface area contributed by atoms with Crippen molar-refractivity contribution in [2.75, 3.05) is 5.32 Å². The van der Waals surface area contributed by atoms with Crippen molar-refractivity contribution < 1.29 is 18.7 Å². The molecule has 2 heterocycles. The van der Waals surface area contributed by atoms with E-state index < -0.39 is 46.6 Å². The van der Waals surface area contributed by atoms with E-state index in [1.807, 2.05) is 20.8 Å². The van der Waals surface area contributed by atoms with E-state index in [-0.39, 0.29) is 28.9 Å². The van der Waals surface area contributed by atoms with E-state index in [1.54, 1.807) is 56.4 Å². The van der Waals surface area contributed by atoms with Crippen LogP contribution in [0.25, 0.3) is 0 Å². The number of nitriles is 1. The van der Waals surface area contributed by atoms with Crippen LogP contribution in [0.4, 0.5) is 14.6 Å². The number of nitrogens with one attached hydrogen (secondary N) is 2. The summed E-state index contributed by atoms with van der Waals surface area (Å²) in [5, 5.41) is 31.8. The molecule has 3 aromatic rings. The Bertz CT molecular complexity index is 1530. The number of benzene rings is 2. The fourth-order valence-electron chi connectivity index (χ4n) is 6.01. The molecule has 1 aliphatic rings. The zero-order valence-electron chi connectivity index (χ0n) is 24.9. The Hall–Kier alpha value is -2.15. The number of aromatic nitrogens is 2. The lowest BCUT2D eigenvalue weighted by Gasteiger charge is -2.37. The molecule has 0 bridgehead atoms. The number of alkyl halides is 2. The standard InChI is InChI=1S/C32H37F2I2N5O2/c1-30(2,3)14-24-32(17-37,22-10-9-19(15-35)13-23(22)33)26(21-8-6-7-20(16-36)27(21)34)28(38-24)29(42)39-25-11-12-41(40-25)18-31(4,5)43/h6-13,24,26,28,38,43H,14-16,18H2,1-5H3,(H,39,40,42)/t24-,26-,28+,32-/m1/s1. The van der Waals surface area contributed by atoms with Gasteiger partial charge in [-0.15, -0.1) is 0 Å². The number of anilines is 1. The fraction of sp³-hybridized carbons (Fsp3) is 0.469. The van der Waals surface area contributed by atoms with Gasteiger partial charge in [0.25, 0.3) is 0 Å². The molecule has 11 heteroatoms. The van der Waals surface area contributed by atoms with Gasteiger partial charge < -0.3 is 15.7 Å². The van der Waals surface area contributed by atoms with Crippen LogP contribution >= 0.6 is 45.2 Å². The number of carbonyl (C=O) groups excluding carboxylic acids is 1. The zero-order valence-corrected chi connectivity index (χ0v) is 29.2. The SMILES string of the molecule is CC(C)(C)C[C@H]1N[C@H](C(=O)Nc2ccn(CC(C)(C)O)n2)[C@@H](c2cccc(CI)c2F)[C@]1(C#N)c1ccc(CI)cc1F. The van der Waals surface area contributed by atoms with Crippen LogP contribution in [0.3, 0.4) is 0 Å². The van der Waals surface area contributed by atoms with Gasteiger partial charge in [-0.25, -0.2) is 8.78 Å². The number of halogens is 4. The van der Waals surface area contributed by atoms with Crippen molar-refractivity contribution >= 4 is 56.9 Å². The van der Waals surface area contributed by atoms with Crippen LogP contribution in [0.2, 0.25) is 0 Å². The van der Waals surface area contributed by atoms with Crippen LogP contribution in [-0.2, 0) is 25.6 Å². The third kappa shape index (κ3) is 7.23. The monoisotopic (exact) mass is 815 g/mol. The Balaban J connectivity index is 1.91. The van der Waals surface area contributed by atoms with E-state index in [0.29, 0.717) is 20.8 Å². The molecule has 0 unspecified atom stereocenters. The van der Waals surface area contributed by atoms with Crippen LogP contribution in [0.15, 0.2) is 48.7 Å². The molecular formula is C32H37F2I2N5O2. The average molecular weight is 815 g/mol. The quantitative estimate of drug-likeness (QED) is 0.164. The molecule has 1 aromatic heterocycles. The summed E-state index contributed by atoms with van der Waals surface area (Å²) < 4.78 is 34.8. The van der Waals surface area contributed by atoms with E-state index >= 15 is 8.78 Å². The number of carbonyl (C=O) groups is 1. The van der Waals surface area contributed by atoms with E-state index in [1.165, 1.54) is 10.7 Å². The summed E-state index contributed by atoms with van der Waals surface area (Å²) in [6, 6.07) is 12.1. The molecule has 230 valence electrons. The minimum atomic E-state index is -1.62. The Morgan fingerprint density at radius 2 is 1.88 bits per heavy atom. The summed E-state index contributed by atoms with van der Waals surface area (Å²) in [6.45, 7) is 9.56. The van der Waals surface area contributed by atoms with Crippen molar-refractivity contribution in [3.05, 3.63) is 82.5 Å². The van der Waals surface area contributed by atoms with E-state index in [9.17, 15) is 15.2 Å². The molecule has 4 rings (SSSR count). The second kappa shape index (κ2) is 13.1. The summed E-state index contributed by atoms with van der Waals surface area (Å²) in [5.74, 6) is -2.39. The van der Waals surface area contributed by atoms with Crippen LogP contribution in [0, 0.1) is 28.4 Å². The van der Waals surface area contributed by atoms with Gasteiger partial charge in [0.05, 0.1) is 24.3 Å². The maximum absolute atomic E-state index is 16.2. The van der Waals surface area contributed by atoms with Crippen molar-refractivity contribution in [2.24, 2.45) is 5.41 Å². The first-order valence-electron chi connectivity index (χ1n) is 14.1. The molecule has 0 saturated carbocycles. The molecule has 0 radical (unpaired) electrons. The zero-order chi connectivity index (χ0) is 31.7. The van der Waals surface area contributed by atoms with Crippen LogP contribution in [-0.4, -0.2) is 38.5 Å². The molecule has 1 fully saturated rings. The van der Waals surface area contributed by atoms with Gasteiger partial charge in [-0.2, -0.15) is 10.4 Å². The summed E-state index contributed by atoms with van der Waals surface area (Å²) in [5.41, 5.74) is -1.42. The van der Waals surface area contributed by atoms with Gasteiger partial charge in [-0.1, -0.05) is 96.3 Å². The molecule has 4 atom stereocenters. The van der Waals surface area contributed by atoms with Gasteiger partial charge in [0, 0.05) is 38.6 Å². The predicted octanol–water partition coefficient (Wildman–Crippen LogP) is 6.76. The van der Waals surface area contributed by atoms with Gasteiger partial charge in [0.2, 0.25) is 5.91 Å². The number of hydrogen-bond acceptors (Lipinski definition) is 5. The highest BCUT2D eigenvalue weighted by atomic mass is 127. The molecule has 7 nitrogen and oxygen atoms in total. The van der Waals surface area contributed by atoms with E-state index in [2.05, 4.69) is 67.0 Å². The van der Waals surface area contributed by atoms with Gasteiger partial charge in [0.1, 0.15) is 17.0 Å². The highest BCUT2D eigenvalue weighted by Gasteiger charge is 2.61. The molecule has 2 aromatic carbocycles. The molecule has 1 saturated heterocycles. The van der Waals surface area contributed by atoms with Crippen molar-refractivity contribution in [3.63, 3.8) is 0 Å². The van der Waals surface area contributed by atoms with Crippen LogP contribution in [0.5, 0.6) is 0 Å². The Labute approximate surface area is 279 Å². The van der Waals surface area contributed by atoms with E-state index in [0.717, 1.165) is 5.56 Å². The minimum absolute atomic E-state index is 0.138. The molecule has 1 aliphatic heterocycles. The van der Waals surface area contributed by atoms with Gasteiger partial charge >= 0.3 is 0 Å². The smallest absolute Gasteiger partial charge is 0.243 e. The highest BCUT2D eigenvalue weighted by molar-refractivity contribution is 14.1. The number of nitrogens with zero attached hydrogens (tertiary/aromatic N) is 3. The van der Waals surface area contributed by atoms with Crippen molar-refractivity contribution in [1.82, 2.24) is 15.1 Å². The van der Waals surface area contributed by atoms with Crippen molar-refractivity contribution in [3.8, 4) is 6.07 Å². The number of rotatable bonds is 9. The van der Waals surface area contributed by atoms with Crippen LogP contribution in [0.1, 0.15) is 69.2 Å². The lowest BCUT2D eigenvalue weighted by Crippen LogP contribution is -2.45. The fourth-order valence-corrected chi connectivity index (χ4v) is 7.07. The number of aliphatic hydroxyl groups is 1. The summed E-state index contributed by atoms with van der Waals surface area (Å²) in [4.78, 5) is 14.1. The normalized spacial score (nSPS) is 22.4. The maximum Gasteiger partial charge on any atom is 0.243 e. The van der Waals surface area contributed by atoms with Gasteiger partial charge in [-0.05, 0) is 48.4 Å². The van der Waals surface area contributed by atoms with Gasteiger partial charge in [0.15, 0.2) is 5.82 Å². The molecular weight excluding hydrogens is 778 g/mol. The lowest BCUT2D eigenvalue weighted by atomic mass is 9.62. The molecule has 3 N–H and O–H groups in total. The minimum Gasteiger partial charge on any atom is -0.389 e. The van der Waals surface area contributed by atoms with E-state index in [4.69, 9.17) is 0 Å². The summed E-state index contributed by atoms with van der Waals surface area (Å²) in [6.07, 6.45) is 2.06. The first-order chi connectivity index (χ1) is 20.1. The summed E-state index contributed by atoms with van der Waals surface area (Å²) >= 11 is 4.23. The second-order valence-corrected chi connectivity index (χ2v) is 14.5.